The van der Waals surface area contributed by atoms with Gasteiger partial charge in [0.2, 0.25) is 0 Å². The molecule has 116 valence electrons. The molecule has 5 heteroatoms. The molecule has 2 N–H and O–H groups in total. The van der Waals surface area contributed by atoms with Crippen LogP contribution >= 0.6 is 0 Å². The maximum atomic E-state index is 11.0. The van der Waals surface area contributed by atoms with E-state index in [2.05, 4.69) is 12.2 Å². The number of nitrogens with one attached hydrogen (secondary N) is 1. The largest absolute Gasteiger partial charge is 0.388 e. The number of nitrogens with zero attached hydrogens (tertiary/aromatic N) is 1. The molecule has 1 aliphatic rings. The summed E-state index contributed by atoms with van der Waals surface area (Å²) in [4.78, 5) is 10.6. The van der Waals surface area contributed by atoms with Crippen molar-refractivity contribution in [2.45, 2.75) is 51.7 Å². The Labute approximate surface area is 125 Å². The second-order valence-electron chi connectivity index (χ2n) is 6.00. The number of rotatable bonds is 5. The fourth-order valence-electron chi connectivity index (χ4n) is 3.08. The highest BCUT2D eigenvalue weighted by atomic mass is 16.6. The first-order chi connectivity index (χ1) is 10.0. The number of hydrogen-bond acceptors (Lipinski definition) is 4. The molecule has 0 aromatic heterocycles. The predicted molar refractivity (Wildman–Crippen MR) is 82.2 cm³/mol. The monoisotopic (exact) mass is 292 g/mol. The molecule has 5 nitrogen and oxygen atoms in total. The summed E-state index contributed by atoms with van der Waals surface area (Å²) in [5, 5.41) is 24.8. The van der Waals surface area contributed by atoms with Crippen LogP contribution in [0.4, 0.5) is 5.69 Å². The summed E-state index contributed by atoms with van der Waals surface area (Å²) < 4.78 is 0. The molecule has 1 heterocycles. The van der Waals surface area contributed by atoms with Crippen molar-refractivity contribution in [1.82, 2.24) is 5.32 Å². The van der Waals surface area contributed by atoms with Gasteiger partial charge in [-0.1, -0.05) is 25.5 Å². The molecule has 0 radical (unpaired) electrons. The Hall–Kier alpha value is -1.46. The number of nitro groups is 1. The minimum atomic E-state index is -0.655. The van der Waals surface area contributed by atoms with Crippen LogP contribution in [0.15, 0.2) is 18.2 Å². The Morgan fingerprint density at radius 1 is 1.52 bits per heavy atom. The molecular weight excluding hydrogens is 268 g/mol. The Bertz CT molecular complexity index is 504. The normalized spacial score (nSPS) is 23.8. The van der Waals surface area contributed by atoms with Gasteiger partial charge >= 0.3 is 0 Å². The van der Waals surface area contributed by atoms with Gasteiger partial charge in [-0.05, 0) is 44.2 Å². The third-order valence-corrected chi connectivity index (χ3v) is 4.50. The Morgan fingerprint density at radius 2 is 2.29 bits per heavy atom. The van der Waals surface area contributed by atoms with E-state index in [-0.39, 0.29) is 5.69 Å². The summed E-state index contributed by atoms with van der Waals surface area (Å²) in [6, 6.07) is 5.28. The second-order valence-corrected chi connectivity index (χ2v) is 6.00. The molecule has 0 aliphatic carbocycles. The van der Waals surface area contributed by atoms with Crippen LogP contribution in [0, 0.1) is 23.0 Å². The van der Waals surface area contributed by atoms with Crippen molar-refractivity contribution >= 4 is 5.69 Å². The highest BCUT2D eigenvalue weighted by Crippen LogP contribution is 2.29. The molecule has 1 aromatic carbocycles. The van der Waals surface area contributed by atoms with Crippen molar-refractivity contribution in [2.24, 2.45) is 5.92 Å². The first kappa shape index (κ1) is 15.9. The van der Waals surface area contributed by atoms with Gasteiger partial charge in [-0.3, -0.25) is 10.1 Å². The van der Waals surface area contributed by atoms with Crippen molar-refractivity contribution in [2.75, 3.05) is 6.54 Å². The number of piperidine rings is 1. The van der Waals surface area contributed by atoms with Crippen LogP contribution < -0.4 is 5.32 Å². The van der Waals surface area contributed by atoms with Crippen molar-refractivity contribution in [3.8, 4) is 0 Å². The van der Waals surface area contributed by atoms with Crippen LogP contribution in [-0.4, -0.2) is 22.6 Å². The molecule has 0 amide bonds. The SMILES string of the molecule is CCC1CCNC(CC(O)c2ccc(C)c([N+](=O)[O-])c2)C1. The van der Waals surface area contributed by atoms with Gasteiger partial charge in [0.15, 0.2) is 0 Å². The minimum Gasteiger partial charge on any atom is -0.388 e. The molecule has 1 aliphatic heterocycles. The summed E-state index contributed by atoms with van der Waals surface area (Å²) in [5.41, 5.74) is 1.33. The maximum absolute atomic E-state index is 11.0. The van der Waals surface area contributed by atoms with Crippen LogP contribution in [0.25, 0.3) is 0 Å². The summed E-state index contributed by atoms with van der Waals surface area (Å²) in [6.45, 7) is 4.90. The topological polar surface area (TPSA) is 75.4 Å². The van der Waals surface area contributed by atoms with Crippen molar-refractivity contribution in [1.29, 1.82) is 0 Å². The Balaban J connectivity index is 2.04. The number of aryl methyl sites for hydroxylation is 1. The third kappa shape index (κ3) is 4.02. The van der Waals surface area contributed by atoms with E-state index in [0.717, 1.165) is 18.9 Å². The van der Waals surface area contributed by atoms with E-state index in [9.17, 15) is 15.2 Å². The lowest BCUT2D eigenvalue weighted by Crippen LogP contribution is -2.38. The molecule has 1 fully saturated rings. The van der Waals surface area contributed by atoms with Crippen LogP contribution in [0.1, 0.15) is 49.8 Å². The molecular formula is C16H24N2O3. The van der Waals surface area contributed by atoms with E-state index in [4.69, 9.17) is 0 Å². The van der Waals surface area contributed by atoms with Crippen LogP contribution in [0.3, 0.4) is 0 Å². The Morgan fingerprint density at radius 3 is 2.95 bits per heavy atom. The predicted octanol–water partition coefficient (Wildman–Crippen LogP) is 3.10. The molecule has 0 spiro atoms. The molecule has 3 atom stereocenters. The van der Waals surface area contributed by atoms with Gasteiger partial charge in [0.1, 0.15) is 0 Å². The number of benzene rings is 1. The van der Waals surface area contributed by atoms with Gasteiger partial charge in [-0.15, -0.1) is 0 Å². The van der Waals surface area contributed by atoms with E-state index < -0.39 is 11.0 Å². The van der Waals surface area contributed by atoms with Gasteiger partial charge in [0.05, 0.1) is 11.0 Å². The van der Waals surface area contributed by atoms with E-state index in [1.165, 1.54) is 18.9 Å². The van der Waals surface area contributed by atoms with Gasteiger partial charge in [0.25, 0.3) is 5.69 Å². The van der Waals surface area contributed by atoms with E-state index in [1.54, 1.807) is 19.1 Å². The summed E-state index contributed by atoms with van der Waals surface area (Å²) in [5.74, 6) is 0.718. The number of hydrogen-bond donors (Lipinski definition) is 2. The quantitative estimate of drug-likeness (QED) is 0.646. The van der Waals surface area contributed by atoms with Gasteiger partial charge in [-0.25, -0.2) is 0 Å². The molecule has 1 saturated heterocycles. The number of aliphatic hydroxyl groups is 1. The first-order valence-corrected chi connectivity index (χ1v) is 7.67. The Kier molecular flexibility index (Phi) is 5.31. The third-order valence-electron chi connectivity index (χ3n) is 4.50. The highest BCUT2D eigenvalue weighted by molar-refractivity contribution is 5.43. The fraction of sp³-hybridized carbons (Fsp3) is 0.625. The first-order valence-electron chi connectivity index (χ1n) is 7.67. The van der Waals surface area contributed by atoms with E-state index in [1.807, 2.05) is 0 Å². The average molecular weight is 292 g/mol. The van der Waals surface area contributed by atoms with Gasteiger partial charge < -0.3 is 10.4 Å². The number of aliphatic hydroxyl groups excluding tert-OH is 1. The molecule has 0 bridgehead atoms. The molecule has 3 unspecified atom stereocenters. The summed E-state index contributed by atoms with van der Waals surface area (Å²) in [6.07, 6.45) is 3.39. The zero-order valence-electron chi connectivity index (χ0n) is 12.7. The zero-order chi connectivity index (χ0) is 15.4. The lowest BCUT2D eigenvalue weighted by molar-refractivity contribution is -0.385. The standard InChI is InChI=1S/C16H24N2O3/c1-3-12-6-7-17-14(8-12)10-16(19)13-5-4-11(2)15(9-13)18(20)21/h4-5,9,12,14,16-17,19H,3,6-8,10H2,1-2H3. The van der Waals surface area contributed by atoms with Crippen LogP contribution in [-0.2, 0) is 0 Å². The molecule has 1 aromatic rings. The van der Waals surface area contributed by atoms with Gasteiger partial charge in [-0.2, -0.15) is 0 Å². The average Bonchev–Trinajstić information content (AvgIpc) is 2.47. The zero-order valence-corrected chi connectivity index (χ0v) is 12.7. The van der Waals surface area contributed by atoms with Crippen LogP contribution in [0.2, 0.25) is 0 Å². The fourth-order valence-corrected chi connectivity index (χ4v) is 3.08. The van der Waals surface area contributed by atoms with E-state index >= 15 is 0 Å². The van der Waals surface area contributed by atoms with Crippen molar-refractivity contribution < 1.29 is 10.0 Å². The minimum absolute atomic E-state index is 0.0783. The van der Waals surface area contributed by atoms with Crippen LogP contribution in [0.5, 0.6) is 0 Å². The number of nitro benzene ring substituents is 1. The second kappa shape index (κ2) is 7.00. The molecule has 21 heavy (non-hydrogen) atoms. The molecule has 0 saturated carbocycles. The summed E-state index contributed by atoms with van der Waals surface area (Å²) >= 11 is 0. The lowest BCUT2D eigenvalue weighted by atomic mass is 9.87. The smallest absolute Gasteiger partial charge is 0.272 e. The highest BCUT2D eigenvalue weighted by Gasteiger charge is 2.24. The van der Waals surface area contributed by atoms with Crippen molar-refractivity contribution in [3.63, 3.8) is 0 Å². The van der Waals surface area contributed by atoms with E-state index in [0.29, 0.717) is 23.6 Å². The maximum Gasteiger partial charge on any atom is 0.272 e. The lowest BCUT2D eigenvalue weighted by Gasteiger charge is -2.31. The van der Waals surface area contributed by atoms with Crippen molar-refractivity contribution in [3.05, 3.63) is 39.4 Å². The molecule has 2 rings (SSSR count). The van der Waals surface area contributed by atoms with Gasteiger partial charge in [0, 0.05) is 17.7 Å². The summed E-state index contributed by atoms with van der Waals surface area (Å²) in [7, 11) is 0.